The van der Waals surface area contributed by atoms with Crippen LogP contribution in [0.5, 0.6) is 5.75 Å². The first-order valence-electron chi connectivity index (χ1n) is 6.15. The van der Waals surface area contributed by atoms with Crippen LogP contribution < -0.4 is 4.74 Å². The first-order valence-corrected chi connectivity index (χ1v) is 6.15. The lowest BCUT2D eigenvalue weighted by Crippen LogP contribution is -2.60. The monoisotopic (exact) mass is 301 g/mol. The standard InChI is InChI=1S/C12H15NO8/c14-5-8-9(15)10(16)11(17)12(21-8)20-7-3-1-6(2-4-7)13(18)19/h1-4,8-12,14-17H,5H2/t8-,9+,10+,11-,12-/m1/s1. The summed E-state index contributed by atoms with van der Waals surface area (Å²) in [7, 11) is 0. The van der Waals surface area contributed by atoms with Crippen molar-refractivity contribution >= 4 is 5.69 Å². The minimum Gasteiger partial charge on any atom is -0.462 e. The van der Waals surface area contributed by atoms with Gasteiger partial charge < -0.3 is 29.9 Å². The van der Waals surface area contributed by atoms with Gasteiger partial charge in [0.25, 0.3) is 5.69 Å². The summed E-state index contributed by atoms with van der Waals surface area (Å²) in [6.45, 7) is -0.564. The van der Waals surface area contributed by atoms with Gasteiger partial charge in [-0.3, -0.25) is 10.1 Å². The average Bonchev–Trinajstić information content (AvgIpc) is 2.48. The van der Waals surface area contributed by atoms with Gasteiger partial charge in [0.15, 0.2) is 0 Å². The van der Waals surface area contributed by atoms with Crippen LogP contribution in [0.25, 0.3) is 0 Å². The van der Waals surface area contributed by atoms with E-state index in [-0.39, 0.29) is 11.4 Å². The first kappa shape index (κ1) is 15.6. The van der Waals surface area contributed by atoms with Gasteiger partial charge in [-0.2, -0.15) is 0 Å². The molecule has 116 valence electrons. The number of nitro benzene ring substituents is 1. The second kappa shape index (κ2) is 6.33. The van der Waals surface area contributed by atoms with E-state index >= 15 is 0 Å². The Kier molecular flexibility index (Phi) is 4.70. The molecule has 2 rings (SSSR count). The van der Waals surface area contributed by atoms with Gasteiger partial charge in [-0.1, -0.05) is 0 Å². The van der Waals surface area contributed by atoms with E-state index in [0.717, 1.165) is 0 Å². The van der Waals surface area contributed by atoms with Gasteiger partial charge in [0.2, 0.25) is 6.29 Å². The minimum atomic E-state index is -1.54. The van der Waals surface area contributed by atoms with E-state index in [0.29, 0.717) is 0 Å². The number of aliphatic hydroxyl groups excluding tert-OH is 4. The summed E-state index contributed by atoms with van der Waals surface area (Å²) in [5.41, 5.74) is -0.129. The Hall–Kier alpha value is -1.78. The van der Waals surface area contributed by atoms with Crippen molar-refractivity contribution in [3.05, 3.63) is 34.4 Å². The molecule has 4 N–H and O–H groups in total. The molecule has 0 saturated carbocycles. The van der Waals surface area contributed by atoms with Crippen molar-refractivity contribution in [3.8, 4) is 5.75 Å². The van der Waals surface area contributed by atoms with Crippen molar-refractivity contribution in [2.45, 2.75) is 30.7 Å². The Morgan fingerprint density at radius 2 is 1.76 bits per heavy atom. The van der Waals surface area contributed by atoms with E-state index in [4.69, 9.17) is 14.6 Å². The van der Waals surface area contributed by atoms with E-state index < -0.39 is 42.2 Å². The second-order valence-electron chi connectivity index (χ2n) is 4.57. The second-order valence-corrected chi connectivity index (χ2v) is 4.57. The molecule has 1 heterocycles. The molecular weight excluding hydrogens is 286 g/mol. The molecule has 1 saturated heterocycles. The fourth-order valence-electron chi connectivity index (χ4n) is 1.95. The summed E-state index contributed by atoms with van der Waals surface area (Å²) in [6, 6.07) is 5.03. The molecule has 9 nitrogen and oxygen atoms in total. The highest BCUT2D eigenvalue weighted by molar-refractivity contribution is 5.36. The van der Waals surface area contributed by atoms with Crippen molar-refractivity contribution in [1.29, 1.82) is 0 Å². The smallest absolute Gasteiger partial charge is 0.269 e. The first-order chi connectivity index (χ1) is 9.93. The van der Waals surface area contributed by atoms with E-state index in [9.17, 15) is 25.4 Å². The Morgan fingerprint density at radius 3 is 2.29 bits per heavy atom. The Balaban J connectivity index is 2.08. The highest BCUT2D eigenvalue weighted by atomic mass is 16.7. The molecule has 0 amide bonds. The molecule has 0 aliphatic carbocycles. The summed E-state index contributed by atoms with van der Waals surface area (Å²) in [5.74, 6) is 0.171. The zero-order valence-corrected chi connectivity index (χ0v) is 10.8. The largest absolute Gasteiger partial charge is 0.462 e. The van der Waals surface area contributed by atoms with Gasteiger partial charge in [-0.15, -0.1) is 0 Å². The highest BCUT2D eigenvalue weighted by Crippen LogP contribution is 2.25. The predicted molar refractivity (Wildman–Crippen MR) is 67.5 cm³/mol. The van der Waals surface area contributed by atoms with Crippen LogP contribution in [0.2, 0.25) is 0 Å². The average molecular weight is 301 g/mol. The van der Waals surface area contributed by atoms with Gasteiger partial charge in [-0.05, 0) is 12.1 Å². The van der Waals surface area contributed by atoms with Crippen molar-refractivity contribution < 1.29 is 34.8 Å². The molecular formula is C12H15NO8. The fourth-order valence-corrected chi connectivity index (χ4v) is 1.95. The van der Waals surface area contributed by atoms with Crippen LogP contribution in [-0.2, 0) is 4.74 Å². The number of hydrogen-bond acceptors (Lipinski definition) is 8. The molecule has 1 aromatic rings. The van der Waals surface area contributed by atoms with Crippen LogP contribution >= 0.6 is 0 Å². The zero-order valence-electron chi connectivity index (χ0n) is 10.8. The Bertz CT molecular complexity index is 491. The van der Waals surface area contributed by atoms with Crippen molar-refractivity contribution in [2.75, 3.05) is 6.61 Å². The minimum absolute atomic E-state index is 0.129. The SMILES string of the molecule is O=[N+]([O-])c1ccc(O[C@@H]2O[C@H](CO)[C@H](O)[C@H](O)[C@H]2O)cc1. The molecule has 1 fully saturated rings. The van der Waals surface area contributed by atoms with Crippen LogP contribution in [0.3, 0.4) is 0 Å². The molecule has 0 unspecified atom stereocenters. The number of ether oxygens (including phenoxy) is 2. The summed E-state index contributed by atoms with van der Waals surface area (Å²) < 4.78 is 10.4. The van der Waals surface area contributed by atoms with Crippen LogP contribution in [-0.4, -0.2) is 62.7 Å². The third-order valence-electron chi connectivity index (χ3n) is 3.15. The van der Waals surface area contributed by atoms with Gasteiger partial charge >= 0.3 is 0 Å². The molecule has 0 spiro atoms. The van der Waals surface area contributed by atoms with Gasteiger partial charge in [0.1, 0.15) is 30.2 Å². The number of benzene rings is 1. The number of rotatable bonds is 4. The van der Waals surface area contributed by atoms with Gasteiger partial charge in [0, 0.05) is 12.1 Å². The molecule has 0 bridgehead atoms. The summed E-state index contributed by atoms with van der Waals surface area (Å²) in [5, 5.41) is 48.6. The van der Waals surface area contributed by atoms with E-state index in [1.54, 1.807) is 0 Å². The lowest BCUT2D eigenvalue weighted by atomic mass is 9.99. The molecule has 0 radical (unpaired) electrons. The molecule has 1 aromatic carbocycles. The van der Waals surface area contributed by atoms with Crippen LogP contribution in [0.15, 0.2) is 24.3 Å². The number of nitro groups is 1. The van der Waals surface area contributed by atoms with Gasteiger partial charge in [-0.25, -0.2) is 0 Å². The Morgan fingerprint density at radius 1 is 1.14 bits per heavy atom. The maximum atomic E-state index is 10.5. The van der Waals surface area contributed by atoms with Crippen LogP contribution in [0, 0.1) is 10.1 Å². The third-order valence-corrected chi connectivity index (χ3v) is 3.15. The van der Waals surface area contributed by atoms with Crippen molar-refractivity contribution in [3.63, 3.8) is 0 Å². The lowest BCUT2D eigenvalue weighted by molar-refractivity contribution is -0.384. The molecule has 1 aliphatic rings. The van der Waals surface area contributed by atoms with Crippen LogP contribution in [0.4, 0.5) is 5.69 Å². The quantitative estimate of drug-likeness (QED) is 0.400. The summed E-state index contributed by atoms with van der Waals surface area (Å²) in [4.78, 5) is 9.95. The number of nitrogens with zero attached hydrogens (tertiary/aromatic N) is 1. The topological polar surface area (TPSA) is 143 Å². The van der Waals surface area contributed by atoms with E-state index in [1.807, 2.05) is 0 Å². The number of non-ortho nitro benzene ring substituents is 1. The van der Waals surface area contributed by atoms with E-state index in [2.05, 4.69) is 0 Å². The number of aliphatic hydroxyl groups is 4. The maximum absolute atomic E-state index is 10.5. The predicted octanol–water partition coefficient (Wildman–Crippen LogP) is -1.23. The highest BCUT2D eigenvalue weighted by Gasteiger charge is 2.44. The molecule has 21 heavy (non-hydrogen) atoms. The number of hydrogen-bond donors (Lipinski definition) is 4. The summed E-state index contributed by atoms with van der Waals surface area (Å²) >= 11 is 0. The van der Waals surface area contributed by atoms with Crippen LogP contribution in [0.1, 0.15) is 0 Å². The fraction of sp³-hybridized carbons (Fsp3) is 0.500. The molecule has 9 heteroatoms. The molecule has 1 aliphatic heterocycles. The van der Waals surface area contributed by atoms with Crippen molar-refractivity contribution in [2.24, 2.45) is 0 Å². The zero-order chi connectivity index (χ0) is 15.6. The Labute approximate surface area is 119 Å². The van der Waals surface area contributed by atoms with E-state index in [1.165, 1.54) is 24.3 Å². The molecule has 5 atom stereocenters. The molecule has 0 aromatic heterocycles. The van der Waals surface area contributed by atoms with Gasteiger partial charge in [0.05, 0.1) is 11.5 Å². The lowest BCUT2D eigenvalue weighted by Gasteiger charge is -2.39. The third kappa shape index (κ3) is 3.28. The normalized spacial score (nSPS) is 32.7. The summed E-state index contributed by atoms with van der Waals surface area (Å²) in [6.07, 6.45) is -6.94. The maximum Gasteiger partial charge on any atom is 0.269 e. The van der Waals surface area contributed by atoms with Crippen molar-refractivity contribution in [1.82, 2.24) is 0 Å².